The molecular weight excluding hydrogens is 296 g/mol. The molecule has 1 heterocycles. The van der Waals surface area contributed by atoms with E-state index in [2.05, 4.69) is 10.6 Å². The van der Waals surface area contributed by atoms with Crippen LogP contribution in [0.25, 0.3) is 0 Å². The molecule has 0 saturated heterocycles. The molecule has 1 aliphatic rings. The average molecular weight is 312 g/mol. The minimum atomic E-state index is -1.25. The van der Waals surface area contributed by atoms with Crippen LogP contribution < -0.4 is 20.1 Å². The van der Waals surface area contributed by atoms with E-state index >= 15 is 0 Å². The third-order valence-electron chi connectivity index (χ3n) is 3.48. The van der Waals surface area contributed by atoms with Gasteiger partial charge < -0.3 is 20.1 Å². The molecule has 0 saturated carbocycles. The molecule has 1 aliphatic heterocycles. The van der Waals surface area contributed by atoms with Crippen LogP contribution >= 0.6 is 0 Å². The summed E-state index contributed by atoms with van der Waals surface area (Å²) in [4.78, 5) is 24.5. The largest absolute Gasteiger partial charge is 0.495 e. The number of carbonyl (C=O) groups excluding carboxylic acids is 2. The van der Waals surface area contributed by atoms with Crippen LogP contribution in [0.4, 0.5) is 11.4 Å². The van der Waals surface area contributed by atoms with E-state index in [4.69, 9.17) is 9.47 Å². The summed E-state index contributed by atoms with van der Waals surface area (Å²) in [5.41, 5.74) is 2.03. The first-order valence-corrected chi connectivity index (χ1v) is 7.10. The van der Waals surface area contributed by atoms with Crippen molar-refractivity contribution in [3.05, 3.63) is 48.0 Å². The first-order valence-electron chi connectivity index (χ1n) is 7.10. The number of benzene rings is 2. The number of ether oxygens (including phenoxy) is 2. The van der Waals surface area contributed by atoms with Crippen molar-refractivity contribution >= 4 is 23.2 Å². The van der Waals surface area contributed by atoms with Crippen LogP contribution in [0.5, 0.6) is 11.5 Å². The molecule has 23 heavy (non-hydrogen) atoms. The van der Waals surface area contributed by atoms with E-state index in [1.807, 2.05) is 13.0 Å². The summed E-state index contributed by atoms with van der Waals surface area (Å²) in [7, 11) is 1.51. The van der Waals surface area contributed by atoms with E-state index in [-0.39, 0.29) is 0 Å². The molecule has 0 radical (unpaired) electrons. The fraction of sp³-hybridized carbons (Fsp3) is 0.176. The second-order valence-corrected chi connectivity index (χ2v) is 5.18. The Morgan fingerprint density at radius 1 is 1.26 bits per heavy atom. The first kappa shape index (κ1) is 14.9. The van der Waals surface area contributed by atoms with Crippen LogP contribution in [-0.4, -0.2) is 25.0 Å². The lowest BCUT2D eigenvalue weighted by Gasteiger charge is -2.25. The van der Waals surface area contributed by atoms with E-state index in [1.54, 1.807) is 36.4 Å². The molecule has 2 amide bonds. The van der Waals surface area contributed by atoms with E-state index in [0.717, 1.165) is 5.56 Å². The number of nitrogens with one attached hydrogen (secondary N) is 2. The fourth-order valence-electron chi connectivity index (χ4n) is 2.34. The molecule has 2 N–H and O–H groups in total. The van der Waals surface area contributed by atoms with Crippen LogP contribution in [0.2, 0.25) is 0 Å². The predicted molar refractivity (Wildman–Crippen MR) is 85.8 cm³/mol. The molecule has 1 atom stereocenters. The average Bonchev–Trinajstić information content (AvgIpc) is 2.54. The Labute approximate surface area is 133 Å². The lowest BCUT2D eigenvalue weighted by molar-refractivity contribution is -0.133. The van der Waals surface area contributed by atoms with Gasteiger partial charge >= 0.3 is 0 Å². The van der Waals surface area contributed by atoms with E-state index < -0.39 is 17.9 Å². The molecule has 3 rings (SSSR count). The highest BCUT2D eigenvalue weighted by molar-refractivity contribution is 6.15. The van der Waals surface area contributed by atoms with Crippen LogP contribution in [0.3, 0.4) is 0 Å². The number of methoxy groups -OCH3 is 1. The molecule has 118 valence electrons. The lowest BCUT2D eigenvalue weighted by Crippen LogP contribution is -2.45. The predicted octanol–water partition coefficient (Wildman–Crippen LogP) is 2.34. The van der Waals surface area contributed by atoms with Gasteiger partial charge in [-0.2, -0.15) is 0 Å². The number of hydrogen-bond acceptors (Lipinski definition) is 4. The molecule has 1 unspecified atom stereocenters. The number of carbonyl (C=O) groups is 2. The molecule has 0 aromatic heterocycles. The van der Waals surface area contributed by atoms with Crippen molar-refractivity contribution in [3.63, 3.8) is 0 Å². The Balaban J connectivity index is 1.80. The van der Waals surface area contributed by atoms with Gasteiger partial charge in [0.2, 0.25) is 0 Å². The molecule has 2 aromatic carbocycles. The minimum absolute atomic E-state index is 0.468. The van der Waals surface area contributed by atoms with E-state index in [1.165, 1.54) is 7.11 Å². The number of hydrogen-bond donors (Lipinski definition) is 2. The Hall–Kier alpha value is -3.02. The Morgan fingerprint density at radius 3 is 2.83 bits per heavy atom. The monoisotopic (exact) mass is 312 g/mol. The molecule has 6 nitrogen and oxygen atoms in total. The number of para-hydroxylation sites is 2. The van der Waals surface area contributed by atoms with Crippen molar-refractivity contribution in [2.24, 2.45) is 0 Å². The van der Waals surface area contributed by atoms with Crippen molar-refractivity contribution in [1.82, 2.24) is 0 Å². The maximum absolute atomic E-state index is 12.4. The van der Waals surface area contributed by atoms with Crippen LogP contribution in [-0.2, 0) is 9.59 Å². The smallest absolute Gasteiger partial charge is 0.275 e. The Bertz CT molecular complexity index is 773. The van der Waals surface area contributed by atoms with Gasteiger partial charge in [0.05, 0.1) is 18.5 Å². The zero-order valence-corrected chi connectivity index (χ0v) is 12.8. The summed E-state index contributed by atoms with van der Waals surface area (Å²) >= 11 is 0. The fourth-order valence-corrected chi connectivity index (χ4v) is 2.34. The highest BCUT2D eigenvalue weighted by Gasteiger charge is 2.34. The van der Waals surface area contributed by atoms with Gasteiger partial charge in [0.15, 0.2) is 0 Å². The number of anilines is 2. The lowest BCUT2D eigenvalue weighted by atomic mass is 10.1. The van der Waals surface area contributed by atoms with Gasteiger partial charge in [0, 0.05) is 0 Å². The molecule has 0 aliphatic carbocycles. The summed E-state index contributed by atoms with van der Waals surface area (Å²) in [5, 5.41) is 5.34. The first-order chi connectivity index (χ1) is 11.1. The second-order valence-electron chi connectivity index (χ2n) is 5.18. The highest BCUT2D eigenvalue weighted by Crippen LogP contribution is 2.31. The topological polar surface area (TPSA) is 76.7 Å². The van der Waals surface area contributed by atoms with Crippen LogP contribution in [0.15, 0.2) is 42.5 Å². The van der Waals surface area contributed by atoms with Crippen molar-refractivity contribution in [2.45, 2.75) is 13.0 Å². The zero-order chi connectivity index (χ0) is 16.4. The van der Waals surface area contributed by atoms with Gasteiger partial charge in [-0.3, -0.25) is 9.59 Å². The summed E-state index contributed by atoms with van der Waals surface area (Å²) in [6.07, 6.45) is -1.25. The van der Waals surface area contributed by atoms with Crippen molar-refractivity contribution in [2.75, 3.05) is 17.7 Å². The summed E-state index contributed by atoms with van der Waals surface area (Å²) in [6.45, 7) is 1.91. The molecule has 0 spiro atoms. The van der Waals surface area contributed by atoms with Gasteiger partial charge in [-0.25, -0.2) is 0 Å². The van der Waals surface area contributed by atoms with E-state index in [0.29, 0.717) is 22.9 Å². The van der Waals surface area contributed by atoms with Gasteiger partial charge in [-0.15, -0.1) is 0 Å². The van der Waals surface area contributed by atoms with Crippen molar-refractivity contribution < 1.29 is 19.1 Å². The molecule has 0 bridgehead atoms. The third kappa shape index (κ3) is 2.96. The van der Waals surface area contributed by atoms with Gasteiger partial charge in [0.1, 0.15) is 11.5 Å². The maximum Gasteiger partial charge on any atom is 0.275 e. The van der Waals surface area contributed by atoms with Crippen LogP contribution in [0.1, 0.15) is 5.56 Å². The number of rotatable bonds is 3. The van der Waals surface area contributed by atoms with Gasteiger partial charge in [0.25, 0.3) is 17.9 Å². The number of aryl methyl sites for hydroxylation is 1. The Kier molecular flexibility index (Phi) is 3.89. The molecule has 0 fully saturated rings. The summed E-state index contributed by atoms with van der Waals surface area (Å²) in [6, 6.07) is 12.3. The number of fused-ring (bicyclic) bond motifs is 1. The van der Waals surface area contributed by atoms with Gasteiger partial charge in [-0.05, 0) is 36.8 Å². The van der Waals surface area contributed by atoms with E-state index in [9.17, 15) is 9.59 Å². The Morgan fingerprint density at radius 2 is 2.04 bits per heavy atom. The van der Waals surface area contributed by atoms with Crippen molar-refractivity contribution in [3.8, 4) is 11.5 Å². The molecule has 6 heteroatoms. The van der Waals surface area contributed by atoms with Crippen LogP contribution in [0, 0.1) is 6.92 Å². The quantitative estimate of drug-likeness (QED) is 0.853. The van der Waals surface area contributed by atoms with Crippen molar-refractivity contribution in [1.29, 1.82) is 0 Å². The summed E-state index contributed by atoms with van der Waals surface area (Å²) in [5.74, 6) is -0.0859. The highest BCUT2D eigenvalue weighted by atomic mass is 16.5. The molecule has 2 aromatic rings. The standard InChI is InChI=1S/C17H16N2O4/c1-10-7-8-14-12(9-10)19-17(21)15(23-14)16(20)18-11-5-3-4-6-13(11)22-2/h3-9,15H,1-2H3,(H,18,20)(H,19,21). The third-order valence-corrected chi connectivity index (χ3v) is 3.48. The normalized spacial score (nSPS) is 15.9. The number of amides is 2. The van der Waals surface area contributed by atoms with Gasteiger partial charge in [-0.1, -0.05) is 18.2 Å². The summed E-state index contributed by atoms with van der Waals surface area (Å²) < 4.78 is 10.7. The SMILES string of the molecule is COc1ccccc1NC(=O)C1Oc2ccc(C)cc2NC1=O. The minimum Gasteiger partial charge on any atom is -0.495 e. The molecular formula is C17H16N2O4. The second kappa shape index (κ2) is 6.00. The maximum atomic E-state index is 12.4. The zero-order valence-electron chi connectivity index (χ0n) is 12.8.